The Balaban J connectivity index is 1.78. The molecule has 0 aliphatic rings. The molecule has 0 atom stereocenters. The number of hydrogen-bond donors (Lipinski definition) is 1. The third kappa shape index (κ3) is 15.0. The number of carboxylic acid groups (broad SMARTS) is 1. The Kier molecular flexibility index (Phi) is 19.7. The normalized spacial score (nSPS) is 12.0. The lowest BCUT2D eigenvalue weighted by molar-refractivity contribution is -0.132. The number of hydrogen-bond acceptors (Lipinski definition) is 5. The molecular formula is C37H58O6Si. The molecule has 2 aromatic carbocycles. The monoisotopic (exact) mass is 626 g/mol. The molecule has 0 aliphatic carbocycles. The first kappa shape index (κ1) is 37.7. The molecule has 0 saturated carbocycles. The molecular weight excluding hydrogens is 568 g/mol. The minimum absolute atomic E-state index is 0.442. The van der Waals surface area contributed by atoms with Crippen molar-refractivity contribution in [3.63, 3.8) is 0 Å². The summed E-state index contributed by atoms with van der Waals surface area (Å²) in [5.41, 5.74) is 3.55. The molecule has 0 aromatic heterocycles. The smallest absolute Gasteiger partial charge is 0.494 e. The van der Waals surface area contributed by atoms with Crippen LogP contribution in [0.5, 0.6) is 5.75 Å². The van der Waals surface area contributed by atoms with Gasteiger partial charge in [0.1, 0.15) is 5.75 Å². The second-order valence-electron chi connectivity index (χ2n) is 11.3. The number of ether oxygens (including phenoxy) is 1. The molecule has 0 unspecified atom stereocenters. The SMILES string of the molecule is CCCCCCCCCCOc1ccc(-c2ccc(/C=C(\CCCCCC[Si](OCC)(OCC)OCC)C(=O)O)cc2)cc1. The standard InChI is InChI=1S/C37H58O6Si/c1-5-9-10-11-12-13-15-18-29-40-36-27-25-34(26-28-36)33-23-21-32(22-24-33)31-35(37(38)39)20-17-14-16-19-30-44(41-6-2,42-7-3)43-8-4/h21-28,31H,5-20,29-30H2,1-4H3,(H,38,39)/b35-31+. The van der Waals surface area contributed by atoms with E-state index >= 15 is 0 Å². The zero-order valence-electron chi connectivity index (χ0n) is 27.9. The van der Waals surface area contributed by atoms with Crippen LogP contribution in [-0.2, 0) is 18.1 Å². The van der Waals surface area contributed by atoms with E-state index < -0.39 is 14.8 Å². The van der Waals surface area contributed by atoms with Gasteiger partial charge in [0, 0.05) is 31.4 Å². The lowest BCUT2D eigenvalue weighted by atomic mass is 10.0. The van der Waals surface area contributed by atoms with E-state index in [2.05, 4.69) is 19.1 Å². The number of carbonyl (C=O) groups is 1. The Morgan fingerprint density at radius 1 is 0.659 bits per heavy atom. The second-order valence-corrected chi connectivity index (χ2v) is 14.1. The highest BCUT2D eigenvalue weighted by molar-refractivity contribution is 6.60. The van der Waals surface area contributed by atoms with Crippen molar-refractivity contribution < 1.29 is 27.9 Å². The number of benzene rings is 2. The van der Waals surface area contributed by atoms with Crippen LogP contribution in [0.3, 0.4) is 0 Å². The fraction of sp³-hybridized carbons (Fsp3) is 0.595. The molecule has 0 aliphatic heterocycles. The van der Waals surface area contributed by atoms with Gasteiger partial charge in [-0.05, 0) is 81.4 Å². The molecule has 246 valence electrons. The van der Waals surface area contributed by atoms with E-state index in [1.165, 1.54) is 44.9 Å². The predicted octanol–water partition coefficient (Wildman–Crippen LogP) is 10.3. The van der Waals surface area contributed by atoms with E-state index in [0.717, 1.165) is 67.2 Å². The first-order chi connectivity index (χ1) is 21.5. The Hall–Kier alpha value is -2.45. The third-order valence-electron chi connectivity index (χ3n) is 7.75. The van der Waals surface area contributed by atoms with Gasteiger partial charge in [-0.15, -0.1) is 0 Å². The van der Waals surface area contributed by atoms with Gasteiger partial charge in [-0.3, -0.25) is 0 Å². The molecule has 0 spiro atoms. The molecule has 0 saturated heterocycles. The van der Waals surface area contributed by atoms with Crippen LogP contribution in [0.25, 0.3) is 17.2 Å². The quantitative estimate of drug-likeness (QED) is 0.0636. The van der Waals surface area contributed by atoms with Crippen LogP contribution in [0.4, 0.5) is 0 Å². The molecule has 2 rings (SSSR count). The summed E-state index contributed by atoms with van der Waals surface area (Å²) in [6.45, 7) is 10.7. The van der Waals surface area contributed by atoms with Crippen LogP contribution >= 0.6 is 0 Å². The van der Waals surface area contributed by atoms with Gasteiger partial charge < -0.3 is 23.1 Å². The summed E-state index contributed by atoms with van der Waals surface area (Å²) in [5, 5.41) is 9.80. The van der Waals surface area contributed by atoms with Crippen molar-refractivity contribution in [2.75, 3.05) is 26.4 Å². The fourth-order valence-electron chi connectivity index (χ4n) is 5.40. The summed E-state index contributed by atoms with van der Waals surface area (Å²) >= 11 is 0. The lowest BCUT2D eigenvalue weighted by Crippen LogP contribution is -2.45. The van der Waals surface area contributed by atoms with Gasteiger partial charge in [-0.1, -0.05) is 101 Å². The Morgan fingerprint density at radius 2 is 1.16 bits per heavy atom. The number of aliphatic carboxylic acids is 1. The van der Waals surface area contributed by atoms with Crippen LogP contribution in [0, 0.1) is 0 Å². The van der Waals surface area contributed by atoms with Crippen molar-refractivity contribution in [1.82, 2.24) is 0 Å². The van der Waals surface area contributed by atoms with Crippen molar-refractivity contribution in [3.8, 4) is 16.9 Å². The lowest BCUT2D eigenvalue weighted by Gasteiger charge is -2.28. The molecule has 0 fully saturated rings. The average Bonchev–Trinajstić information content (AvgIpc) is 3.02. The number of rotatable bonds is 26. The topological polar surface area (TPSA) is 74.2 Å². The van der Waals surface area contributed by atoms with E-state index in [1.54, 1.807) is 6.08 Å². The molecule has 2 aromatic rings. The van der Waals surface area contributed by atoms with Crippen molar-refractivity contribution >= 4 is 20.8 Å². The van der Waals surface area contributed by atoms with Gasteiger partial charge in [0.15, 0.2) is 0 Å². The third-order valence-corrected chi connectivity index (χ3v) is 10.9. The van der Waals surface area contributed by atoms with E-state index in [1.807, 2.05) is 57.2 Å². The average molecular weight is 627 g/mol. The highest BCUT2D eigenvalue weighted by Crippen LogP contribution is 2.25. The minimum Gasteiger partial charge on any atom is -0.494 e. The highest BCUT2D eigenvalue weighted by Gasteiger charge is 2.39. The minimum atomic E-state index is -2.60. The predicted molar refractivity (Wildman–Crippen MR) is 184 cm³/mol. The number of carboxylic acids is 1. The Labute approximate surface area is 268 Å². The molecule has 7 heteroatoms. The van der Waals surface area contributed by atoms with E-state index in [-0.39, 0.29) is 0 Å². The maximum absolute atomic E-state index is 11.9. The molecule has 0 amide bonds. The largest absolute Gasteiger partial charge is 0.500 e. The van der Waals surface area contributed by atoms with Gasteiger partial charge in [0.2, 0.25) is 0 Å². The Morgan fingerprint density at radius 3 is 1.70 bits per heavy atom. The van der Waals surface area contributed by atoms with Gasteiger partial charge in [-0.2, -0.15) is 0 Å². The molecule has 0 heterocycles. The molecule has 0 radical (unpaired) electrons. The first-order valence-corrected chi connectivity index (χ1v) is 19.1. The molecule has 0 bridgehead atoms. The maximum Gasteiger partial charge on any atom is 0.500 e. The summed E-state index contributed by atoms with van der Waals surface area (Å²) in [7, 11) is -2.60. The van der Waals surface area contributed by atoms with Gasteiger partial charge in [0.25, 0.3) is 0 Å². The summed E-state index contributed by atoms with van der Waals surface area (Å²) in [5.74, 6) is 0.0497. The molecule has 1 N–H and O–H groups in total. The van der Waals surface area contributed by atoms with E-state index in [9.17, 15) is 9.90 Å². The zero-order chi connectivity index (χ0) is 31.9. The maximum atomic E-state index is 11.9. The van der Waals surface area contributed by atoms with Crippen LogP contribution in [0.1, 0.15) is 117 Å². The van der Waals surface area contributed by atoms with Gasteiger partial charge >= 0.3 is 14.8 Å². The summed E-state index contributed by atoms with van der Waals surface area (Å²) in [6.07, 6.45) is 16.4. The van der Waals surface area contributed by atoms with Gasteiger partial charge in [0.05, 0.1) is 6.61 Å². The zero-order valence-corrected chi connectivity index (χ0v) is 28.9. The first-order valence-electron chi connectivity index (χ1n) is 17.2. The fourth-order valence-corrected chi connectivity index (χ4v) is 8.08. The van der Waals surface area contributed by atoms with E-state index in [4.69, 9.17) is 18.0 Å². The summed E-state index contributed by atoms with van der Waals surface area (Å²) in [4.78, 5) is 11.9. The number of unbranched alkanes of at least 4 members (excludes halogenated alkanes) is 10. The van der Waals surface area contributed by atoms with Crippen LogP contribution in [0.2, 0.25) is 6.04 Å². The van der Waals surface area contributed by atoms with Crippen LogP contribution in [0.15, 0.2) is 54.1 Å². The van der Waals surface area contributed by atoms with Crippen LogP contribution in [-0.4, -0.2) is 46.3 Å². The Bertz CT molecular complexity index is 1030. The summed E-state index contributed by atoms with van der Waals surface area (Å²) < 4.78 is 23.7. The van der Waals surface area contributed by atoms with Gasteiger partial charge in [-0.25, -0.2) is 4.79 Å². The second kappa shape index (κ2) is 23.0. The van der Waals surface area contributed by atoms with Crippen LogP contribution < -0.4 is 4.74 Å². The van der Waals surface area contributed by atoms with Crippen molar-refractivity contribution in [1.29, 1.82) is 0 Å². The van der Waals surface area contributed by atoms with E-state index in [0.29, 0.717) is 31.8 Å². The molecule has 44 heavy (non-hydrogen) atoms. The highest BCUT2D eigenvalue weighted by atomic mass is 28.4. The van der Waals surface area contributed by atoms with Crippen molar-refractivity contribution in [2.24, 2.45) is 0 Å². The molecule has 6 nitrogen and oxygen atoms in total. The van der Waals surface area contributed by atoms with Crippen molar-refractivity contribution in [3.05, 3.63) is 59.7 Å². The van der Waals surface area contributed by atoms with Crippen molar-refractivity contribution in [2.45, 2.75) is 117 Å². The summed E-state index contributed by atoms with van der Waals surface area (Å²) in [6, 6.07) is 17.1.